The molecule has 2 atom stereocenters. The summed E-state index contributed by atoms with van der Waals surface area (Å²) in [6, 6.07) is 10.4. The van der Waals surface area contributed by atoms with E-state index in [4.69, 9.17) is 0 Å². The molecule has 3 rings (SSSR count). The van der Waals surface area contributed by atoms with Crippen LogP contribution in [0.15, 0.2) is 47.7 Å². The quantitative estimate of drug-likeness (QED) is 0.240. The van der Waals surface area contributed by atoms with Gasteiger partial charge in [0.25, 0.3) is 0 Å². The highest BCUT2D eigenvalue weighted by Gasteiger charge is 2.20. The Balaban J connectivity index is 0.00000320. The van der Waals surface area contributed by atoms with E-state index in [1.165, 1.54) is 30.6 Å². The first-order valence-corrected chi connectivity index (χ1v) is 10.8. The minimum atomic E-state index is 0. The van der Waals surface area contributed by atoms with E-state index in [2.05, 4.69) is 63.7 Å². The zero-order valence-electron chi connectivity index (χ0n) is 18.6. The Bertz CT molecular complexity index is 751. The number of halogens is 1. The molecule has 2 unspecified atom stereocenters. The Hall–Kier alpha value is -1.61. The summed E-state index contributed by atoms with van der Waals surface area (Å²) in [6.07, 6.45) is 6.32. The summed E-state index contributed by atoms with van der Waals surface area (Å²) < 4.78 is 1.95. The van der Waals surface area contributed by atoms with Crippen LogP contribution in [0.5, 0.6) is 0 Å². The normalized spacial score (nSPS) is 19.9. The van der Waals surface area contributed by atoms with Crippen LogP contribution in [0, 0.1) is 11.8 Å². The molecule has 166 valence electrons. The van der Waals surface area contributed by atoms with Crippen LogP contribution in [0.4, 0.5) is 0 Å². The van der Waals surface area contributed by atoms with Crippen molar-refractivity contribution < 1.29 is 0 Å². The van der Waals surface area contributed by atoms with Crippen molar-refractivity contribution >= 4 is 29.9 Å². The molecule has 0 radical (unpaired) electrons. The van der Waals surface area contributed by atoms with Gasteiger partial charge in [-0.1, -0.05) is 38.1 Å². The Kier molecular flexibility index (Phi) is 10.6. The van der Waals surface area contributed by atoms with Gasteiger partial charge in [0.05, 0.1) is 6.54 Å². The van der Waals surface area contributed by atoms with Crippen LogP contribution in [0.2, 0.25) is 0 Å². The Morgan fingerprint density at radius 1 is 1.10 bits per heavy atom. The van der Waals surface area contributed by atoms with Gasteiger partial charge in [-0.05, 0) is 48.4 Å². The summed E-state index contributed by atoms with van der Waals surface area (Å²) in [5, 5.41) is 11.2. The molecule has 0 saturated carbocycles. The lowest BCUT2D eigenvalue weighted by molar-refractivity contribution is 0.140. The fraction of sp³-hybridized carbons (Fsp3) is 0.565. The number of piperidine rings is 1. The van der Waals surface area contributed by atoms with Crippen LogP contribution in [-0.4, -0.2) is 53.9 Å². The summed E-state index contributed by atoms with van der Waals surface area (Å²) in [4.78, 5) is 6.99. The van der Waals surface area contributed by atoms with E-state index in [-0.39, 0.29) is 24.0 Å². The average Bonchev–Trinajstić information content (AvgIpc) is 3.21. The summed E-state index contributed by atoms with van der Waals surface area (Å²) in [6.45, 7) is 10.9. The lowest BCUT2D eigenvalue weighted by atomic mass is 9.92. The molecular formula is C23H37IN6. The van der Waals surface area contributed by atoms with Crippen molar-refractivity contribution in [1.82, 2.24) is 25.3 Å². The van der Waals surface area contributed by atoms with Crippen molar-refractivity contribution in [3.05, 3.63) is 53.9 Å². The topological polar surface area (TPSA) is 57.5 Å². The zero-order valence-corrected chi connectivity index (χ0v) is 20.9. The molecule has 1 aliphatic rings. The monoisotopic (exact) mass is 524 g/mol. The molecule has 1 aliphatic heterocycles. The predicted molar refractivity (Wildman–Crippen MR) is 135 cm³/mol. The first-order chi connectivity index (χ1) is 14.1. The molecule has 0 aliphatic carbocycles. The smallest absolute Gasteiger partial charge is 0.191 e. The molecular weight excluding hydrogens is 487 g/mol. The van der Waals surface area contributed by atoms with E-state index in [9.17, 15) is 0 Å². The van der Waals surface area contributed by atoms with Gasteiger partial charge in [0.15, 0.2) is 5.96 Å². The second-order valence-electron chi connectivity index (χ2n) is 8.38. The molecule has 0 spiro atoms. The van der Waals surface area contributed by atoms with Crippen molar-refractivity contribution in [3.8, 4) is 0 Å². The fourth-order valence-electron chi connectivity index (χ4n) is 4.34. The highest BCUT2D eigenvalue weighted by molar-refractivity contribution is 14.0. The van der Waals surface area contributed by atoms with E-state index >= 15 is 0 Å². The van der Waals surface area contributed by atoms with Crippen LogP contribution >= 0.6 is 24.0 Å². The molecule has 2 heterocycles. The third-order valence-corrected chi connectivity index (χ3v) is 5.57. The van der Waals surface area contributed by atoms with Crippen LogP contribution < -0.4 is 10.6 Å². The molecule has 1 aromatic heterocycles. The Labute approximate surface area is 198 Å². The van der Waals surface area contributed by atoms with Gasteiger partial charge in [0.1, 0.15) is 0 Å². The van der Waals surface area contributed by atoms with Crippen LogP contribution in [0.1, 0.15) is 37.8 Å². The molecule has 1 saturated heterocycles. The summed E-state index contributed by atoms with van der Waals surface area (Å²) >= 11 is 0. The van der Waals surface area contributed by atoms with Gasteiger partial charge in [-0.2, -0.15) is 5.10 Å². The summed E-state index contributed by atoms with van der Waals surface area (Å²) in [7, 11) is 1.83. The van der Waals surface area contributed by atoms with Crippen molar-refractivity contribution in [2.24, 2.45) is 16.8 Å². The minimum absolute atomic E-state index is 0. The maximum atomic E-state index is 4.38. The van der Waals surface area contributed by atoms with Crippen molar-refractivity contribution in [2.45, 2.75) is 39.8 Å². The summed E-state index contributed by atoms with van der Waals surface area (Å²) in [5.41, 5.74) is 2.54. The average molecular weight is 524 g/mol. The molecule has 1 fully saturated rings. The molecule has 6 nitrogen and oxygen atoms in total. The SMILES string of the molecule is CN=C(NCCCN1CC(C)CC(C)C1)NCc1ccccc1Cn1cccn1.I. The van der Waals surface area contributed by atoms with Gasteiger partial charge < -0.3 is 15.5 Å². The highest BCUT2D eigenvalue weighted by atomic mass is 127. The standard InChI is InChI=1S/C23H36N6.HI/c1-19-14-20(2)17-28(16-19)12-6-10-25-23(24-3)26-15-21-8-4-5-9-22(21)18-29-13-7-11-27-29;/h4-5,7-9,11,13,19-20H,6,10,12,14-18H2,1-3H3,(H2,24,25,26);1H. The van der Waals surface area contributed by atoms with Gasteiger partial charge in [-0.15, -0.1) is 24.0 Å². The maximum absolute atomic E-state index is 4.38. The zero-order chi connectivity index (χ0) is 20.5. The Morgan fingerprint density at radius 2 is 1.83 bits per heavy atom. The van der Waals surface area contributed by atoms with Gasteiger partial charge in [0.2, 0.25) is 0 Å². The molecule has 2 aromatic rings. The third-order valence-electron chi connectivity index (χ3n) is 5.57. The van der Waals surface area contributed by atoms with Crippen LogP contribution in [-0.2, 0) is 13.1 Å². The number of hydrogen-bond acceptors (Lipinski definition) is 3. The first kappa shape index (κ1) is 24.7. The Morgan fingerprint density at radius 3 is 2.50 bits per heavy atom. The van der Waals surface area contributed by atoms with Gasteiger partial charge in [-0.25, -0.2) is 0 Å². The number of hydrogen-bond donors (Lipinski definition) is 2. The van der Waals surface area contributed by atoms with Crippen molar-refractivity contribution in [1.29, 1.82) is 0 Å². The first-order valence-electron chi connectivity index (χ1n) is 10.8. The number of benzene rings is 1. The van der Waals surface area contributed by atoms with Gasteiger partial charge in [0, 0.05) is 45.6 Å². The van der Waals surface area contributed by atoms with Crippen molar-refractivity contribution in [3.63, 3.8) is 0 Å². The van der Waals surface area contributed by atoms with Gasteiger partial charge in [-0.3, -0.25) is 9.67 Å². The van der Waals surface area contributed by atoms with Crippen molar-refractivity contribution in [2.75, 3.05) is 33.2 Å². The largest absolute Gasteiger partial charge is 0.356 e. The van der Waals surface area contributed by atoms with E-state index in [0.29, 0.717) is 0 Å². The number of likely N-dealkylation sites (tertiary alicyclic amines) is 1. The minimum Gasteiger partial charge on any atom is -0.356 e. The number of aliphatic imine (C=N–C) groups is 1. The number of aromatic nitrogens is 2. The molecule has 0 bridgehead atoms. The molecule has 30 heavy (non-hydrogen) atoms. The fourth-order valence-corrected chi connectivity index (χ4v) is 4.34. The lowest BCUT2D eigenvalue weighted by Crippen LogP contribution is -2.41. The van der Waals surface area contributed by atoms with E-state index in [0.717, 1.165) is 50.4 Å². The number of rotatable bonds is 8. The maximum Gasteiger partial charge on any atom is 0.191 e. The molecule has 2 N–H and O–H groups in total. The molecule has 0 amide bonds. The second-order valence-corrected chi connectivity index (χ2v) is 8.38. The van der Waals surface area contributed by atoms with E-state index < -0.39 is 0 Å². The second kappa shape index (κ2) is 12.9. The molecule has 1 aromatic carbocycles. The van der Waals surface area contributed by atoms with E-state index in [1.807, 2.05) is 30.2 Å². The van der Waals surface area contributed by atoms with Gasteiger partial charge >= 0.3 is 0 Å². The molecule has 7 heteroatoms. The number of guanidine groups is 1. The van der Waals surface area contributed by atoms with Crippen LogP contribution in [0.3, 0.4) is 0 Å². The van der Waals surface area contributed by atoms with E-state index in [1.54, 1.807) is 0 Å². The summed E-state index contributed by atoms with van der Waals surface area (Å²) in [5.74, 6) is 2.50. The third kappa shape index (κ3) is 7.91. The highest BCUT2D eigenvalue weighted by Crippen LogP contribution is 2.20. The lowest BCUT2D eigenvalue weighted by Gasteiger charge is -2.35. The number of nitrogens with one attached hydrogen (secondary N) is 2. The van der Waals surface area contributed by atoms with Crippen LogP contribution in [0.25, 0.3) is 0 Å². The predicted octanol–water partition coefficient (Wildman–Crippen LogP) is 3.58. The number of nitrogens with zero attached hydrogens (tertiary/aromatic N) is 4.